The summed E-state index contributed by atoms with van der Waals surface area (Å²) in [7, 11) is -2.39. The van der Waals surface area contributed by atoms with E-state index >= 15 is 0 Å². The molecule has 0 atom stereocenters. The molecule has 0 radical (unpaired) electrons. The lowest BCUT2D eigenvalue weighted by atomic mass is 10.3. The van der Waals surface area contributed by atoms with Gasteiger partial charge in [0.15, 0.2) is 0 Å². The van der Waals surface area contributed by atoms with E-state index in [1.807, 2.05) is 0 Å². The number of amides is 1. The average Bonchev–Trinajstić information content (AvgIpc) is 2.47. The summed E-state index contributed by atoms with van der Waals surface area (Å²) >= 11 is 0. The molecule has 0 aliphatic rings. The summed E-state index contributed by atoms with van der Waals surface area (Å²) in [6.07, 6.45) is 1.47. The van der Waals surface area contributed by atoms with Crippen molar-refractivity contribution in [3.63, 3.8) is 0 Å². The number of nitrogens with one attached hydrogen (secondary N) is 2. The number of aromatic nitrogens is 2. The fourth-order valence-electron chi connectivity index (χ4n) is 1.72. The minimum atomic E-state index is -3.80. The van der Waals surface area contributed by atoms with Gasteiger partial charge in [-0.15, -0.1) is 0 Å². The van der Waals surface area contributed by atoms with Crippen LogP contribution in [0.5, 0.6) is 0 Å². The van der Waals surface area contributed by atoms with E-state index < -0.39 is 10.0 Å². The van der Waals surface area contributed by atoms with Gasteiger partial charge in [0.2, 0.25) is 11.9 Å². The lowest BCUT2D eigenvalue weighted by Crippen LogP contribution is -2.17. The van der Waals surface area contributed by atoms with Gasteiger partial charge in [0.05, 0.1) is 4.90 Å². The molecule has 0 bridgehead atoms. The normalized spacial score (nSPS) is 11.0. The summed E-state index contributed by atoms with van der Waals surface area (Å²) in [5.74, 6) is -0.322. The van der Waals surface area contributed by atoms with Gasteiger partial charge in [-0.25, -0.2) is 23.1 Å². The van der Waals surface area contributed by atoms with Crippen LogP contribution in [-0.4, -0.2) is 38.0 Å². The number of anilines is 2. The summed E-state index contributed by atoms with van der Waals surface area (Å²) in [5, 5.41) is 2.57. The van der Waals surface area contributed by atoms with Crippen molar-refractivity contribution in [3.8, 4) is 0 Å². The maximum absolute atomic E-state index is 12.3. The molecular formula is C14H16N4O4S. The van der Waals surface area contributed by atoms with Crippen LogP contribution in [-0.2, 0) is 19.6 Å². The van der Waals surface area contributed by atoms with Gasteiger partial charge >= 0.3 is 0 Å². The van der Waals surface area contributed by atoms with Crippen molar-refractivity contribution in [2.75, 3.05) is 23.8 Å². The van der Waals surface area contributed by atoms with Gasteiger partial charge < -0.3 is 10.1 Å². The number of nitrogens with zero attached hydrogens (tertiary/aromatic N) is 2. The van der Waals surface area contributed by atoms with Gasteiger partial charge in [-0.1, -0.05) is 0 Å². The highest BCUT2D eigenvalue weighted by molar-refractivity contribution is 7.92. The molecule has 0 saturated heterocycles. The number of benzene rings is 1. The number of carbonyl (C=O) groups excluding carboxylic acids is 1. The molecule has 8 nitrogen and oxygen atoms in total. The van der Waals surface area contributed by atoms with Crippen molar-refractivity contribution in [1.82, 2.24) is 9.97 Å². The third-order valence-corrected chi connectivity index (χ3v) is 4.09. The van der Waals surface area contributed by atoms with Gasteiger partial charge in [-0.05, 0) is 37.3 Å². The van der Waals surface area contributed by atoms with Gasteiger partial charge in [0.1, 0.15) is 6.61 Å². The van der Waals surface area contributed by atoms with Crippen molar-refractivity contribution in [2.24, 2.45) is 0 Å². The quantitative estimate of drug-likeness (QED) is 0.819. The maximum atomic E-state index is 12.3. The molecule has 0 saturated carbocycles. The zero-order valence-corrected chi connectivity index (χ0v) is 13.4. The number of ether oxygens (including phenoxy) is 1. The topological polar surface area (TPSA) is 110 Å². The van der Waals surface area contributed by atoms with Crippen LogP contribution in [0, 0.1) is 6.92 Å². The molecule has 0 fully saturated rings. The Bertz CT molecular complexity index is 791. The van der Waals surface area contributed by atoms with E-state index in [4.69, 9.17) is 4.74 Å². The van der Waals surface area contributed by atoms with Crippen molar-refractivity contribution in [1.29, 1.82) is 0 Å². The number of rotatable bonds is 6. The second kappa shape index (κ2) is 7.16. The Morgan fingerprint density at radius 3 is 2.52 bits per heavy atom. The predicted octanol–water partition coefficient (Wildman–Crippen LogP) is 1.17. The summed E-state index contributed by atoms with van der Waals surface area (Å²) in [6, 6.07) is 7.38. The molecule has 23 heavy (non-hydrogen) atoms. The van der Waals surface area contributed by atoms with Crippen molar-refractivity contribution in [2.45, 2.75) is 11.8 Å². The molecule has 0 unspecified atom stereocenters. The molecule has 0 aliphatic carbocycles. The monoisotopic (exact) mass is 336 g/mol. The van der Waals surface area contributed by atoms with Crippen molar-refractivity contribution in [3.05, 3.63) is 42.2 Å². The predicted molar refractivity (Wildman–Crippen MR) is 84.5 cm³/mol. The molecule has 2 aromatic rings. The van der Waals surface area contributed by atoms with Crippen LogP contribution in [0.1, 0.15) is 5.69 Å². The number of hydrogen-bond donors (Lipinski definition) is 2. The zero-order valence-electron chi connectivity index (χ0n) is 12.6. The van der Waals surface area contributed by atoms with Crippen LogP contribution < -0.4 is 10.0 Å². The van der Waals surface area contributed by atoms with E-state index in [-0.39, 0.29) is 23.4 Å². The molecule has 1 amide bonds. The van der Waals surface area contributed by atoms with Gasteiger partial charge in [-0.3, -0.25) is 4.79 Å². The third kappa shape index (κ3) is 4.73. The molecule has 122 valence electrons. The molecule has 1 aromatic carbocycles. The molecule has 0 aliphatic heterocycles. The summed E-state index contributed by atoms with van der Waals surface area (Å²) < 4.78 is 31.5. The highest BCUT2D eigenvalue weighted by atomic mass is 32.2. The highest BCUT2D eigenvalue weighted by Crippen LogP contribution is 2.16. The molecule has 9 heteroatoms. The van der Waals surface area contributed by atoms with E-state index in [9.17, 15) is 13.2 Å². The smallest absolute Gasteiger partial charge is 0.264 e. The third-order valence-electron chi connectivity index (χ3n) is 2.74. The minimum absolute atomic E-state index is 0.00229. The minimum Gasteiger partial charge on any atom is -0.375 e. The first-order valence-electron chi connectivity index (χ1n) is 6.62. The molecular weight excluding hydrogens is 320 g/mol. The Labute approximate surface area is 134 Å². The molecule has 1 aromatic heterocycles. The van der Waals surface area contributed by atoms with Crippen molar-refractivity contribution >= 4 is 27.6 Å². The Kier molecular flexibility index (Phi) is 5.24. The Balaban J connectivity index is 2.12. The fourth-order valence-corrected chi connectivity index (χ4v) is 2.67. The molecule has 0 spiro atoms. The largest absolute Gasteiger partial charge is 0.375 e. The lowest BCUT2D eigenvalue weighted by Gasteiger charge is -2.08. The van der Waals surface area contributed by atoms with Crippen LogP contribution >= 0.6 is 0 Å². The van der Waals surface area contributed by atoms with Crippen LogP contribution in [0.2, 0.25) is 0 Å². The van der Waals surface area contributed by atoms with Gasteiger partial charge in [0, 0.05) is 24.7 Å². The number of methoxy groups -OCH3 is 1. The van der Waals surface area contributed by atoms with Crippen LogP contribution in [0.25, 0.3) is 0 Å². The standard InChI is InChI=1S/C14H16N4O4S/c1-10-7-8-15-14(16-10)18-23(20,21)12-5-3-11(4-6-12)17-13(19)9-22-2/h3-8H,9H2,1-2H3,(H,17,19)(H,15,16,18). The first kappa shape index (κ1) is 16.8. The van der Waals surface area contributed by atoms with Crippen molar-refractivity contribution < 1.29 is 17.9 Å². The first-order chi connectivity index (χ1) is 10.9. The maximum Gasteiger partial charge on any atom is 0.264 e. The SMILES string of the molecule is COCC(=O)Nc1ccc(S(=O)(=O)Nc2nccc(C)n2)cc1. The van der Waals surface area contributed by atoms with Crippen LogP contribution in [0.4, 0.5) is 11.6 Å². The summed E-state index contributed by atoms with van der Waals surface area (Å²) in [6.45, 7) is 1.66. The number of carbonyl (C=O) groups is 1. The molecule has 2 N–H and O–H groups in total. The average molecular weight is 336 g/mol. The fraction of sp³-hybridized carbons (Fsp3) is 0.214. The zero-order chi connectivity index (χ0) is 16.9. The second-order valence-electron chi connectivity index (χ2n) is 4.63. The van der Waals surface area contributed by atoms with E-state index in [1.165, 1.54) is 37.6 Å². The Hall–Kier alpha value is -2.52. The van der Waals surface area contributed by atoms with Gasteiger partial charge in [-0.2, -0.15) is 0 Å². The van der Waals surface area contributed by atoms with E-state index in [2.05, 4.69) is 20.0 Å². The molecule has 2 rings (SSSR count). The summed E-state index contributed by atoms with van der Waals surface area (Å²) in [4.78, 5) is 19.3. The molecule has 1 heterocycles. The lowest BCUT2D eigenvalue weighted by molar-refractivity contribution is -0.119. The highest BCUT2D eigenvalue weighted by Gasteiger charge is 2.15. The van der Waals surface area contributed by atoms with Crippen LogP contribution in [0.3, 0.4) is 0 Å². The van der Waals surface area contributed by atoms with E-state index in [1.54, 1.807) is 13.0 Å². The number of sulfonamides is 1. The van der Waals surface area contributed by atoms with Crippen LogP contribution in [0.15, 0.2) is 41.4 Å². The van der Waals surface area contributed by atoms with E-state index in [0.29, 0.717) is 11.4 Å². The Morgan fingerprint density at radius 1 is 1.22 bits per heavy atom. The van der Waals surface area contributed by atoms with E-state index in [0.717, 1.165) is 0 Å². The second-order valence-corrected chi connectivity index (χ2v) is 6.32. The van der Waals surface area contributed by atoms with Gasteiger partial charge in [0.25, 0.3) is 10.0 Å². The Morgan fingerprint density at radius 2 is 1.91 bits per heavy atom. The number of aryl methyl sites for hydroxylation is 1. The summed E-state index contributed by atoms with van der Waals surface area (Å²) in [5.41, 5.74) is 1.12. The number of hydrogen-bond acceptors (Lipinski definition) is 6. The first-order valence-corrected chi connectivity index (χ1v) is 8.10.